The van der Waals surface area contributed by atoms with Gasteiger partial charge >= 0.3 is 0 Å². The minimum absolute atomic E-state index is 0. The van der Waals surface area contributed by atoms with Crippen LogP contribution in [0.1, 0.15) is 0 Å². The van der Waals surface area contributed by atoms with Gasteiger partial charge in [-0.3, -0.25) is 0 Å². The van der Waals surface area contributed by atoms with Crippen molar-refractivity contribution in [2.45, 2.75) is 13.1 Å². The average Bonchev–Trinajstić information content (AvgIpc) is 3.78. The predicted molar refractivity (Wildman–Crippen MR) is 235 cm³/mol. The van der Waals surface area contributed by atoms with Crippen molar-refractivity contribution in [1.82, 2.24) is 9.55 Å². The first-order chi connectivity index (χ1) is 27.5. The van der Waals surface area contributed by atoms with E-state index in [2.05, 4.69) is 194 Å². The van der Waals surface area contributed by atoms with Crippen molar-refractivity contribution in [3.05, 3.63) is 188 Å². The first kappa shape index (κ1) is 36.6. The third-order valence-corrected chi connectivity index (χ3v) is 14.4. The van der Waals surface area contributed by atoms with E-state index in [1.807, 2.05) is 29.4 Å². The van der Waals surface area contributed by atoms with Gasteiger partial charge in [0.05, 0.1) is 15.1 Å². The zero-order chi connectivity index (χ0) is 37.8. The van der Waals surface area contributed by atoms with Crippen LogP contribution in [0.4, 0.5) is 17.1 Å². The number of rotatable bonds is 7. The van der Waals surface area contributed by atoms with Gasteiger partial charge in [-0.1, -0.05) is 128 Å². The molecule has 1 aliphatic heterocycles. The Balaban J connectivity index is 0.00000422. The summed E-state index contributed by atoms with van der Waals surface area (Å²) in [5, 5.41) is 8.65. The molecule has 0 bridgehead atoms. The summed E-state index contributed by atoms with van der Waals surface area (Å²) < 4.78 is 2.30. The van der Waals surface area contributed by atoms with Crippen LogP contribution in [0.15, 0.2) is 176 Å². The fraction of sp³-hybridized carbons (Fsp3) is 0.0600. The van der Waals surface area contributed by atoms with Crippen molar-refractivity contribution in [2.75, 3.05) is 17.2 Å². The molecule has 0 radical (unpaired) electrons. The third-order valence-electron chi connectivity index (χ3n) is 11.1. The molecule has 57 heavy (non-hydrogen) atoms. The minimum Gasteiger partial charge on any atom is -0.319 e. The van der Waals surface area contributed by atoms with Crippen LogP contribution in [0.5, 0.6) is 0 Å². The number of fused-ring (bicyclic) bond motifs is 4. The van der Waals surface area contributed by atoms with E-state index in [9.17, 15) is 0 Å². The van der Waals surface area contributed by atoms with Crippen LogP contribution < -0.4 is 20.5 Å². The first-order valence-corrected chi connectivity index (χ1v) is 22.0. The maximum atomic E-state index is 5.07. The molecule has 0 saturated heterocycles. The van der Waals surface area contributed by atoms with Crippen LogP contribution in [0.3, 0.4) is 0 Å². The molecule has 2 aromatic heterocycles. The van der Waals surface area contributed by atoms with E-state index in [-0.39, 0.29) is 21.1 Å². The Morgan fingerprint density at radius 2 is 1.19 bits per heavy atom. The van der Waals surface area contributed by atoms with Gasteiger partial charge in [-0.2, -0.15) is 51.7 Å². The third kappa shape index (κ3) is 6.31. The summed E-state index contributed by atoms with van der Waals surface area (Å²) in [7, 11) is -0.331. The maximum Gasteiger partial charge on any atom is 0.145 e. The summed E-state index contributed by atoms with van der Waals surface area (Å²) in [6, 6.07) is 68.1. The molecule has 1 aliphatic rings. The van der Waals surface area contributed by atoms with Crippen molar-refractivity contribution < 1.29 is 26.0 Å². The number of anilines is 3. The number of benzene rings is 7. The number of aromatic nitrogens is 2. The van der Waals surface area contributed by atoms with Gasteiger partial charge < -0.3 is 4.57 Å². The number of hydrogen-bond donors (Lipinski definition) is 0. The van der Waals surface area contributed by atoms with Crippen molar-refractivity contribution in [2.24, 2.45) is 0 Å². The van der Waals surface area contributed by atoms with Crippen LogP contribution in [-0.2, 0) is 21.1 Å². The van der Waals surface area contributed by atoms with Crippen LogP contribution in [0.25, 0.3) is 61.0 Å². The van der Waals surface area contributed by atoms with Crippen molar-refractivity contribution in [1.29, 1.82) is 0 Å². The van der Waals surface area contributed by atoms with Gasteiger partial charge in [-0.05, 0) is 69.1 Å². The quantitative estimate of drug-likeness (QED) is 0.0908. The molecule has 9 aromatic rings. The second kappa shape index (κ2) is 14.8. The Morgan fingerprint density at radius 3 is 1.93 bits per heavy atom. The normalized spacial score (nSPS) is 12.5. The summed E-state index contributed by atoms with van der Waals surface area (Å²) in [6.07, 6.45) is 1.95. The second-order valence-electron chi connectivity index (χ2n) is 14.8. The molecule has 0 unspecified atom stereocenters. The van der Waals surface area contributed by atoms with Gasteiger partial charge in [0.15, 0.2) is 0 Å². The Labute approximate surface area is 348 Å². The minimum atomic E-state index is -2.32. The fourth-order valence-electron chi connectivity index (χ4n) is 8.19. The monoisotopic (exact) mass is 934 g/mol. The predicted octanol–water partition coefficient (Wildman–Crippen LogP) is 11.0. The fourth-order valence-corrected chi connectivity index (χ4v) is 10.4. The molecule has 0 fully saturated rings. The van der Waals surface area contributed by atoms with Gasteiger partial charge in [-0.25, -0.2) is 4.98 Å². The molecule has 3 heterocycles. The topological polar surface area (TPSA) is 37.1 Å². The Kier molecular flexibility index (Phi) is 9.50. The molecule has 10 rings (SSSR count). The Bertz CT molecular complexity index is 2850. The molecule has 7 aromatic carbocycles. The van der Waals surface area contributed by atoms with E-state index in [1.54, 1.807) is 0 Å². The molecular formula is C50H39N4OPtSi-. The number of para-hydroxylation sites is 3. The summed E-state index contributed by atoms with van der Waals surface area (Å²) in [5.41, 5.74) is 12.2. The van der Waals surface area contributed by atoms with Gasteiger partial charge in [0.25, 0.3) is 0 Å². The SMILES string of the molecule is CN1[OH+]N(c2[c-]c([Si](C)(C)c3[c-]c4c(cc3)c3ccccc3n4-c3cc(-c4c(-c5ccccc5)cccc4-c4ccccc4)ccn3)ccc2)c2ccccc21.[Pt]. The Morgan fingerprint density at radius 1 is 0.561 bits per heavy atom. The van der Waals surface area contributed by atoms with Crippen LogP contribution in [-0.4, -0.2) is 29.6 Å². The molecule has 5 nitrogen and oxygen atoms in total. The van der Waals surface area contributed by atoms with E-state index in [0.717, 1.165) is 44.9 Å². The zero-order valence-electron chi connectivity index (χ0n) is 31.8. The molecule has 0 amide bonds. The van der Waals surface area contributed by atoms with Crippen LogP contribution >= 0.6 is 0 Å². The molecule has 0 aliphatic carbocycles. The largest absolute Gasteiger partial charge is 0.319 e. The summed E-state index contributed by atoms with van der Waals surface area (Å²) in [6.45, 7) is 4.78. The molecule has 7 heteroatoms. The van der Waals surface area contributed by atoms with Crippen molar-refractivity contribution in [3.8, 4) is 39.2 Å². The molecule has 280 valence electrons. The molecule has 0 atom stereocenters. The van der Waals surface area contributed by atoms with Gasteiger partial charge in [-0.15, -0.1) is 21.6 Å². The first-order valence-electron chi connectivity index (χ1n) is 19.0. The standard InChI is InChI=1S/C50H38N4OSi.Pt/c1-52-46-26-12-13-27-47(46)54(55-52)38-20-14-21-39(33-38)56(2,3)40-28-29-44-43-22-10-11-25-45(43)53(48(44)34-40)49-32-37(30-31-51-49)50-41(35-16-6-4-7-17-35)23-15-24-42(50)36-18-8-5-9-19-36;/h4-32H,1-3H3;/q-2;/p+1. The van der Waals surface area contributed by atoms with Gasteiger partial charge in [0, 0.05) is 38.5 Å². The average molecular weight is 935 g/mol. The maximum absolute atomic E-state index is 5.07. The number of hydroxylamine groups is 1. The van der Waals surface area contributed by atoms with Crippen LogP contribution in [0.2, 0.25) is 13.1 Å². The summed E-state index contributed by atoms with van der Waals surface area (Å²) in [5.74, 6) is 0.857. The second-order valence-corrected chi connectivity index (χ2v) is 19.2. The van der Waals surface area contributed by atoms with E-state index in [1.165, 1.54) is 43.6 Å². The van der Waals surface area contributed by atoms with E-state index in [0.29, 0.717) is 0 Å². The molecule has 0 saturated carbocycles. The van der Waals surface area contributed by atoms with Gasteiger partial charge in [0.2, 0.25) is 0 Å². The number of pyridine rings is 1. The number of nitrogens with zero attached hydrogens (tertiary/aromatic N) is 4. The number of hydrogen-bond acceptors (Lipinski definition) is 3. The van der Waals surface area contributed by atoms with Gasteiger partial charge in [0.1, 0.15) is 17.2 Å². The molecule has 1 N–H and O–H groups in total. The summed E-state index contributed by atoms with van der Waals surface area (Å²) >= 11 is 0. The van der Waals surface area contributed by atoms with E-state index >= 15 is 0 Å². The smallest absolute Gasteiger partial charge is 0.145 e. The molecular weight excluding hydrogens is 896 g/mol. The van der Waals surface area contributed by atoms with Crippen LogP contribution in [0, 0.1) is 12.1 Å². The van der Waals surface area contributed by atoms with E-state index in [4.69, 9.17) is 9.92 Å². The van der Waals surface area contributed by atoms with Crippen molar-refractivity contribution >= 4 is 57.3 Å². The van der Waals surface area contributed by atoms with Crippen molar-refractivity contribution in [3.63, 3.8) is 0 Å². The summed E-state index contributed by atoms with van der Waals surface area (Å²) in [4.78, 5) is 9.91. The zero-order valence-corrected chi connectivity index (χ0v) is 35.1. The Hall–Kier alpha value is -6.04. The van der Waals surface area contributed by atoms with E-state index < -0.39 is 8.07 Å². The molecule has 0 spiro atoms.